The van der Waals surface area contributed by atoms with Crippen molar-refractivity contribution in [1.82, 2.24) is 4.31 Å². The summed E-state index contributed by atoms with van der Waals surface area (Å²) in [4.78, 5) is 0.264. The highest BCUT2D eigenvalue weighted by atomic mass is 32.2. The summed E-state index contributed by atoms with van der Waals surface area (Å²) >= 11 is 0. The molecule has 1 aliphatic carbocycles. The Morgan fingerprint density at radius 1 is 1.37 bits per heavy atom. The molecule has 0 atom stereocenters. The number of hydrazine groups is 1. The Balaban J connectivity index is 2.33. The highest BCUT2D eigenvalue weighted by Crippen LogP contribution is 2.34. The van der Waals surface area contributed by atoms with E-state index in [9.17, 15) is 8.42 Å². The van der Waals surface area contributed by atoms with Gasteiger partial charge in [0.25, 0.3) is 0 Å². The second kappa shape index (κ2) is 5.90. The number of benzene rings is 1. The molecule has 0 aromatic heterocycles. The Bertz CT molecular complexity index is 526. The number of nitrogens with one attached hydrogen (secondary N) is 1. The van der Waals surface area contributed by atoms with Crippen LogP contribution < -0.4 is 11.3 Å². The minimum atomic E-state index is -3.46. The summed E-state index contributed by atoms with van der Waals surface area (Å²) in [6.07, 6.45) is 3.78. The van der Waals surface area contributed by atoms with E-state index in [0.29, 0.717) is 12.2 Å². The Kier molecular flexibility index (Phi) is 4.44. The first-order valence-electron chi connectivity index (χ1n) is 6.68. The Labute approximate surface area is 114 Å². The third-order valence-corrected chi connectivity index (χ3v) is 5.33. The van der Waals surface area contributed by atoms with Gasteiger partial charge in [-0.1, -0.05) is 25.5 Å². The molecule has 0 bridgehead atoms. The van der Waals surface area contributed by atoms with Crippen LogP contribution in [0.5, 0.6) is 0 Å². The molecule has 1 aliphatic rings. The number of unbranched alkanes of at least 4 members (excludes halogenated alkanes) is 1. The fourth-order valence-electron chi connectivity index (χ4n) is 2.11. The molecule has 5 nitrogen and oxygen atoms in total. The van der Waals surface area contributed by atoms with Crippen molar-refractivity contribution in [1.29, 1.82) is 0 Å². The van der Waals surface area contributed by atoms with Gasteiger partial charge in [0, 0.05) is 12.6 Å². The van der Waals surface area contributed by atoms with Crippen molar-refractivity contribution < 1.29 is 8.42 Å². The van der Waals surface area contributed by atoms with Crippen LogP contribution in [0.4, 0.5) is 5.69 Å². The van der Waals surface area contributed by atoms with E-state index >= 15 is 0 Å². The summed E-state index contributed by atoms with van der Waals surface area (Å²) in [6, 6.07) is 6.94. The largest absolute Gasteiger partial charge is 0.323 e. The summed E-state index contributed by atoms with van der Waals surface area (Å²) in [5.41, 5.74) is 2.91. The van der Waals surface area contributed by atoms with Crippen molar-refractivity contribution >= 4 is 15.7 Å². The maximum Gasteiger partial charge on any atom is 0.245 e. The van der Waals surface area contributed by atoms with Gasteiger partial charge in [0.05, 0.1) is 5.69 Å². The highest BCUT2D eigenvalue weighted by molar-refractivity contribution is 7.89. The second-order valence-corrected chi connectivity index (χ2v) is 6.70. The van der Waals surface area contributed by atoms with Crippen LogP contribution >= 0.6 is 0 Å². The highest BCUT2D eigenvalue weighted by Gasteiger charge is 2.38. The molecule has 0 aliphatic heterocycles. The standard InChI is InChI=1S/C13H21N3O2S/c1-2-3-10-16(11-8-9-11)19(17,18)13-7-5-4-6-12(13)15-14/h4-7,11,15H,2-3,8-10,14H2,1H3. The third-order valence-electron chi connectivity index (χ3n) is 3.32. The molecule has 0 spiro atoms. The second-order valence-electron chi connectivity index (χ2n) is 4.84. The lowest BCUT2D eigenvalue weighted by atomic mass is 10.3. The first-order valence-corrected chi connectivity index (χ1v) is 8.12. The molecule has 0 amide bonds. The number of rotatable bonds is 7. The lowest BCUT2D eigenvalue weighted by Gasteiger charge is -2.23. The molecular formula is C13H21N3O2S. The molecule has 3 N–H and O–H groups in total. The summed E-state index contributed by atoms with van der Waals surface area (Å²) < 4.78 is 27.1. The zero-order valence-corrected chi connectivity index (χ0v) is 12.0. The molecule has 1 aromatic rings. The third kappa shape index (κ3) is 3.08. The number of nitrogens with zero attached hydrogens (tertiary/aromatic N) is 1. The van der Waals surface area contributed by atoms with Gasteiger partial charge in [-0.05, 0) is 31.4 Å². The van der Waals surface area contributed by atoms with E-state index in [1.807, 2.05) is 0 Å². The Hall–Kier alpha value is -1.11. The summed E-state index contributed by atoms with van der Waals surface area (Å²) in [5, 5.41) is 0. The number of nitrogens with two attached hydrogens (primary N) is 1. The number of sulfonamides is 1. The maximum atomic E-state index is 12.7. The summed E-state index contributed by atoms with van der Waals surface area (Å²) in [5.74, 6) is 5.41. The predicted octanol–water partition coefficient (Wildman–Crippen LogP) is 1.93. The maximum absolute atomic E-state index is 12.7. The quantitative estimate of drug-likeness (QED) is 0.592. The molecular weight excluding hydrogens is 262 g/mol. The fourth-order valence-corrected chi connectivity index (χ4v) is 3.99. The number of para-hydroxylation sites is 1. The van der Waals surface area contributed by atoms with Crippen LogP contribution in [0.1, 0.15) is 32.6 Å². The van der Waals surface area contributed by atoms with Gasteiger partial charge in [0.2, 0.25) is 10.0 Å². The lowest BCUT2D eigenvalue weighted by molar-refractivity contribution is 0.396. The number of hydrogen-bond donors (Lipinski definition) is 2. The molecule has 2 rings (SSSR count). The number of anilines is 1. The smallest absolute Gasteiger partial charge is 0.245 e. The molecule has 1 aromatic carbocycles. The predicted molar refractivity (Wildman–Crippen MR) is 76.1 cm³/mol. The van der Waals surface area contributed by atoms with E-state index in [0.717, 1.165) is 25.7 Å². The van der Waals surface area contributed by atoms with Gasteiger partial charge in [-0.25, -0.2) is 8.42 Å². The van der Waals surface area contributed by atoms with Crippen LogP contribution in [0.25, 0.3) is 0 Å². The van der Waals surface area contributed by atoms with E-state index in [1.165, 1.54) is 0 Å². The van der Waals surface area contributed by atoms with Gasteiger partial charge in [0.1, 0.15) is 4.90 Å². The topological polar surface area (TPSA) is 75.4 Å². The molecule has 106 valence electrons. The Morgan fingerprint density at radius 3 is 2.63 bits per heavy atom. The van der Waals surface area contributed by atoms with Gasteiger partial charge < -0.3 is 5.43 Å². The first kappa shape index (κ1) is 14.3. The fraction of sp³-hybridized carbons (Fsp3) is 0.538. The molecule has 19 heavy (non-hydrogen) atoms. The summed E-state index contributed by atoms with van der Waals surface area (Å²) in [6.45, 7) is 2.65. The molecule has 0 saturated heterocycles. The SMILES string of the molecule is CCCCN(C1CC1)S(=O)(=O)c1ccccc1NN. The van der Waals surface area contributed by atoms with Crippen molar-refractivity contribution in [2.24, 2.45) is 5.84 Å². The van der Waals surface area contributed by atoms with Crippen LogP contribution in [0.3, 0.4) is 0 Å². The molecule has 0 heterocycles. The normalized spacial score (nSPS) is 15.7. The first-order chi connectivity index (χ1) is 9.11. The van der Waals surface area contributed by atoms with Gasteiger partial charge in [-0.2, -0.15) is 4.31 Å². The van der Waals surface area contributed by atoms with Gasteiger partial charge in [-0.3, -0.25) is 5.84 Å². The van der Waals surface area contributed by atoms with E-state index in [4.69, 9.17) is 5.84 Å². The number of nitrogen functional groups attached to an aromatic ring is 1. The van der Waals surface area contributed by atoms with Gasteiger partial charge in [0.15, 0.2) is 0 Å². The van der Waals surface area contributed by atoms with E-state index in [-0.39, 0.29) is 10.9 Å². The van der Waals surface area contributed by atoms with Crippen molar-refractivity contribution in [3.63, 3.8) is 0 Å². The van der Waals surface area contributed by atoms with Crippen LogP contribution in [0.15, 0.2) is 29.2 Å². The minimum absolute atomic E-state index is 0.169. The van der Waals surface area contributed by atoms with Crippen LogP contribution in [0.2, 0.25) is 0 Å². The minimum Gasteiger partial charge on any atom is -0.323 e. The zero-order chi connectivity index (χ0) is 13.9. The summed E-state index contributed by atoms with van der Waals surface area (Å²) in [7, 11) is -3.46. The lowest BCUT2D eigenvalue weighted by Crippen LogP contribution is -2.34. The van der Waals surface area contributed by atoms with Crippen molar-refractivity contribution in [2.75, 3.05) is 12.0 Å². The monoisotopic (exact) mass is 283 g/mol. The van der Waals surface area contributed by atoms with Gasteiger partial charge in [-0.15, -0.1) is 0 Å². The average Bonchev–Trinajstić information content (AvgIpc) is 3.23. The van der Waals surface area contributed by atoms with Crippen LogP contribution in [0, 0.1) is 0 Å². The molecule has 0 radical (unpaired) electrons. The van der Waals surface area contributed by atoms with Crippen molar-refractivity contribution in [2.45, 2.75) is 43.5 Å². The Morgan fingerprint density at radius 2 is 2.05 bits per heavy atom. The average molecular weight is 283 g/mol. The molecule has 0 unspecified atom stereocenters. The molecule has 1 fully saturated rings. The van der Waals surface area contributed by atoms with Crippen LogP contribution in [-0.2, 0) is 10.0 Å². The van der Waals surface area contributed by atoms with Crippen molar-refractivity contribution in [3.8, 4) is 0 Å². The van der Waals surface area contributed by atoms with Crippen LogP contribution in [-0.4, -0.2) is 25.3 Å². The van der Waals surface area contributed by atoms with Gasteiger partial charge >= 0.3 is 0 Å². The van der Waals surface area contributed by atoms with E-state index < -0.39 is 10.0 Å². The van der Waals surface area contributed by atoms with E-state index in [1.54, 1.807) is 28.6 Å². The number of hydrogen-bond acceptors (Lipinski definition) is 4. The molecule has 1 saturated carbocycles. The molecule has 6 heteroatoms. The van der Waals surface area contributed by atoms with Crippen molar-refractivity contribution in [3.05, 3.63) is 24.3 Å². The van der Waals surface area contributed by atoms with E-state index in [2.05, 4.69) is 12.3 Å². The zero-order valence-electron chi connectivity index (χ0n) is 11.2.